The van der Waals surface area contributed by atoms with E-state index in [2.05, 4.69) is 4.74 Å². The quantitative estimate of drug-likeness (QED) is 0.541. The summed E-state index contributed by atoms with van der Waals surface area (Å²) in [6.07, 6.45) is -3.00. The van der Waals surface area contributed by atoms with Crippen LogP contribution < -0.4 is 0 Å². The third kappa shape index (κ3) is 2.22. The molecule has 1 nitrogen and oxygen atoms in total. The van der Waals surface area contributed by atoms with Crippen LogP contribution in [0.3, 0.4) is 0 Å². The molecule has 0 aromatic rings. The van der Waals surface area contributed by atoms with E-state index in [1.54, 1.807) is 0 Å². The van der Waals surface area contributed by atoms with Gasteiger partial charge in [-0.25, -0.2) is 0 Å². The zero-order valence-electron chi connectivity index (χ0n) is 4.74. The Balaban J connectivity index is 2.16. The first-order valence-corrected chi connectivity index (χ1v) is 2.82. The molecule has 0 aromatic carbocycles. The van der Waals surface area contributed by atoms with Crippen LogP contribution in [-0.4, -0.2) is 12.5 Å². The molecule has 0 amide bonds. The lowest BCUT2D eigenvalue weighted by Gasteiger charge is -2.25. The van der Waals surface area contributed by atoms with Crippen molar-refractivity contribution in [3.05, 3.63) is 0 Å². The minimum absolute atomic E-state index is 0.551. The molecule has 1 aliphatic carbocycles. The van der Waals surface area contributed by atoms with E-state index in [9.17, 15) is 13.2 Å². The molecule has 1 aliphatic rings. The smallest absolute Gasteiger partial charge is 0.289 e. The summed E-state index contributed by atoms with van der Waals surface area (Å²) in [5.74, 6) is 0. The van der Waals surface area contributed by atoms with Crippen molar-refractivity contribution in [1.82, 2.24) is 0 Å². The van der Waals surface area contributed by atoms with E-state index >= 15 is 0 Å². The molecule has 54 valence electrons. The third-order valence-corrected chi connectivity index (χ3v) is 1.35. The Bertz CT molecular complexity index is 94.9. The van der Waals surface area contributed by atoms with Crippen molar-refractivity contribution >= 4 is 0 Å². The summed E-state index contributed by atoms with van der Waals surface area (Å²) in [6, 6.07) is 0. The summed E-state index contributed by atoms with van der Waals surface area (Å²) >= 11 is 0. The Morgan fingerprint density at radius 2 is 1.78 bits per heavy atom. The molecule has 1 fully saturated rings. The lowest BCUT2D eigenvalue weighted by Crippen LogP contribution is -2.29. The largest absolute Gasteiger partial charge is 0.522 e. The highest BCUT2D eigenvalue weighted by Gasteiger charge is 2.35. The van der Waals surface area contributed by atoms with Crippen LogP contribution in [-0.2, 0) is 4.74 Å². The van der Waals surface area contributed by atoms with E-state index < -0.39 is 12.5 Å². The number of alkyl halides is 3. The van der Waals surface area contributed by atoms with Gasteiger partial charge in [0, 0.05) is 0 Å². The van der Waals surface area contributed by atoms with Gasteiger partial charge in [0.2, 0.25) is 0 Å². The molecule has 1 rings (SSSR count). The predicted octanol–water partition coefficient (Wildman–Crippen LogP) is 2.08. The van der Waals surface area contributed by atoms with Crippen molar-refractivity contribution < 1.29 is 17.9 Å². The highest BCUT2D eigenvalue weighted by Crippen LogP contribution is 2.29. The second-order valence-electron chi connectivity index (χ2n) is 2.12. The molecule has 4 heteroatoms. The van der Waals surface area contributed by atoms with Crippen LogP contribution in [0, 0.1) is 0 Å². The van der Waals surface area contributed by atoms with Gasteiger partial charge >= 0.3 is 6.36 Å². The van der Waals surface area contributed by atoms with E-state index in [0.717, 1.165) is 6.42 Å². The molecule has 0 spiro atoms. The summed E-state index contributed by atoms with van der Waals surface area (Å²) in [5.41, 5.74) is 0. The lowest BCUT2D eigenvalue weighted by atomic mass is 9.96. The second kappa shape index (κ2) is 2.17. The molecule has 0 saturated heterocycles. The van der Waals surface area contributed by atoms with Gasteiger partial charge in [0.25, 0.3) is 0 Å². The van der Waals surface area contributed by atoms with Crippen molar-refractivity contribution in [3.8, 4) is 0 Å². The molecule has 0 unspecified atom stereocenters. The molecule has 1 saturated carbocycles. The minimum atomic E-state index is -4.43. The van der Waals surface area contributed by atoms with Crippen LogP contribution in [0.2, 0.25) is 0 Å². The van der Waals surface area contributed by atoms with Gasteiger partial charge in [-0.3, -0.25) is 4.74 Å². The third-order valence-electron chi connectivity index (χ3n) is 1.35. The fourth-order valence-electron chi connectivity index (χ4n) is 0.678. The SMILES string of the molecule is FC(F)(F)OC1CCC1. The van der Waals surface area contributed by atoms with Gasteiger partial charge < -0.3 is 0 Å². The van der Waals surface area contributed by atoms with Crippen LogP contribution in [0.4, 0.5) is 13.2 Å². The summed E-state index contributed by atoms with van der Waals surface area (Å²) in [7, 11) is 0. The predicted molar refractivity (Wildman–Crippen MR) is 24.8 cm³/mol. The maximum Gasteiger partial charge on any atom is 0.522 e. The Morgan fingerprint density at radius 1 is 1.22 bits per heavy atom. The van der Waals surface area contributed by atoms with E-state index in [4.69, 9.17) is 0 Å². The van der Waals surface area contributed by atoms with E-state index in [-0.39, 0.29) is 0 Å². The fraction of sp³-hybridized carbons (Fsp3) is 1.00. The zero-order valence-corrected chi connectivity index (χ0v) is 4.74. The number of rotatable bonds is 1. The van der Waals surface area contributed by atoms with Gasteiger partial charge in [-0.05, 0) is 19.3 Å². The van der Waals surface area contributed by atoms with Crippen LogP contribution >= 0.6 is 0 Å². The molecule has 9 heavy (non-hydrogen) atoms. The minimum Gasteiger partial charge on any atom is -0.289 e. The lowest BCUT2D eigenvalue weighted by molar-refractivity contribution is -0.350. The van der Waals surface area contributed by atoms with Gasteiger partial charge in [0.15, 0.2) is 0 Å². The highest BCUT2D eigenvalue weighted by molar-refractivity contribution is 4.69. The van der Waals surface area contributed by atoms with Crippen molar-refractivity contribution in [2.45, 2.75) is 31.7 Å². The Morgan fingerprint density at radius 3 is 1.89 bits per heavy atom. The van der Waals surface area contributed by atoms with Gasteiger partial charge in [0.05, 0.1) is 6.10 Å². The maximum absolute atomic E-state index is 11.3. The fourth-order valence-corrected chi connectivity index (χ4v) is 0.678. The van der Waals surface area contributed by atoms with Gasteiger partial charge in [0.1, 0.15) is 0 Å². The molecule has 0 aromatic heterocycles. The average molecular weight is 140 g/mol. The normalized spacial score (nSPS) is 21.7. The summed E-state index contributed by atoms with van der Waals surface area (Å²) in [6.45, 7) is 0. The summed E-state index contributed by atoms with van der Waals surface area (Å²) in [5, 5.41) is 0. The Labute approximate surface area is 50.8 Å². The highest BCUT2D eigenvalue weighted by atomic mass is 19.4. The van der Waals surface area contributed by atoms with Gasteiger partial charge in [-0.15, -0.1) is 13.2 Å². The van der Waals surface area contributed by atoms with E-state index in [1.165, 1.54) is 0 Å². The Hall–Kier alpha value is -0.250. The maximum atomic E-state index is 11.3. The van der Waals surface area contributed by atoms with Crippen LogP contribution in [0.25, 0.3) is 0 Å². The second-order valence-corrected chi connectivity index (χ2v) is 2.12. The average Bonchev–Trinajstić information content (AvgIpc) is 1.53. The number of hydrogen-bond donors (Lipinski definition) is 0. The topological polar surface area (TPSA) is 9.23 Å². The van der Waals surface area contributed by atoms with Gasteiger partial charge in [-0.2, -0.15) is 0 Å². The van der Waals surface area contributed by atoms with Gasteiger partial charge in [-0.1, -0.05) is 0 Å². The summed E-state index contributed by atoms with van der Waals surface area (Å²) in [4.78, 5) is 0. The number of halogens is 3. The molecular weight excluding hydrogens is 133 g/mol. The molecule has 0 atom stereocenters. The van der Waals surface area contributed by atoms with Crippen LogP contribution in [0.1, 0.15) is 19.3 Å². The monoisotopic (exact) mass is 140 g/mol. The number of ether oxygens (including phenoxy) is 1. The molecule has 0 N–H and O–H groups in total. The first-order valence-electron chi connectivity index (χ1n) is 2.82. The Kier molecular flexibility index (Phi) is 1.66. The first kappa shape index (κ1) is 6.86. The van der Waals surface area contributed by atoms with Crippen molar-refractivity contribution in [1.29, 1.82) is 0 Å². The van der Waals surface area contributed by atoms with Crippen molar-refractivity contribution in [2.75, 3.05) is 0 Å². The van der Waals surface area contributed by atoms with Crippen molar-refractivity contribution in [3.63, 3.8) is 0 Å². The van der Waals surface area contributed by atoms with Crippen LogP contribution in [0.5, 0.6) is 0 Å². The molecule has 0 aliphatic heterocycles. The standard InChI is InChI=1S/C5H7F3O/c6-5(7,8)9-4-2-1-3-4/h4H,1-3H2. The van der Waals surface area contributed by atoms with E-state index in [0.29, 0.717) is 12.8 Å². The molecule has 0 radical (unpaired) electrons. The molecular formula is C5H7F3O. The summed E-state index contributed by atoms with van der Waals surface area (Å²) < 4.78 is 37.6. The molecule has 0 bridgehead atoms. The molecule has 0 heterocycles. The number of hydrogen-bond acceptors (Lipinski definition) is 1. The zero-order chi connectivity index (χ0) is 6.91. The van der Waals surface area contributed by atoms with Crippen LogP contribution in [0.15, 0.2) is 0 Å². The first-order chi connectivity index (χ1) is 4.08. The van der Waals surface area contributed by atoms with Crippen molar-refractivity contribution in [2.24, 2.45) is 0 Å². The van der Waals surface area contributed by atoms with E-state index in [1.807, 2.05) is 0 Å².